The van der Waals surface area contributed by atoms with E-state index in [1.165, 1.54) is 0 Å². The first-order valence-electron chi connectivity index (χ1n) is 3.78. The van der Waals surface area contributed by atoms with Gasteiger partial charge < -0.3 is 9.97 Å². The molecule has 0 aliphatic carbocycles. The summed E-state index contributed by atoms with van der Waals surface area (Å²) in [6, 6.07) is 3.37. The van der Waals surface area contributed by atoms with E-state index in [4.69, 9.17) is 5.39 Å². The van der Waals surface area contributed by atoms with Gasteiger partial charge in [-0.2, -0.15) is 0 Å². The van der Waals surface area contributed by atoms with Crippen molar-refractivity contribution in [2.24, 2.45) is 0 Å². The maximum absolute atomic E-state index is 10.9. The molecular weight excluding hydrogens is 168 g/mol. The summed E-state index contributed by atoms with van der Waals surface area (Å²) >= 11 is 0. The number of aromatic amines is 2. The number of nitrogens with zero attached hydrogens (tertiary/aromatic N) is 2. The van der Waals surface area contributed by atoms with Crippen molar-refractivity contribution in [2.75, 3.05) is 0 Å². The van der Waals surface area contributed by atoms with Crippen molar-refractivity contribution in [3.05, 3.63) is 33.2 Å². The van der Waals surface area contributed by atoms with Crippen LogP contribution in [0.5, 0.6) is 0 Å². The minimum atomic E-state index is -0.260. The number of aromatic nitrogens is 2. The Bertz CT molecular complexity index is 558. The molecule has 64 valence electrons. The highest BCUT2D eigenvalue weighted by Crippen LogP contribution is 2.22. The normalized spacial score (nSPS) is 10.2. The molecule has 1 aromatic heterocycles. The van der Waals surface area contributed by atoms with Crippen molar-refractivity contribution in [3.63, 3.8) is 0 Å². The maximum Gasteiger partial charge on any atom is 0.390 e. The third-order valence-corrected chi connectivity index (χ3v) is 1.94. The Hall–Kier alpha value is -2.09. The van der Waals surface area contributed by atoms with Crippen molar-refractivity contribution in [1.82, 2.24) is 9.97 Å². The van der Waals surface area contributed by atoms with Gasteiger partial charge in [-0.05, 0) is 13.0 Å². The number of aryl methyl sites for hydroxylation is 1. The van der Waals surface area contributed by atoms with Gasteiger partial charge >= 0.3 is 11.4 Å². The number of benzene rings is 1. The van der Waals surface area contributed by atoms with Crippen LogP contribution in [-0.2, 0) is 0 Å². The summed E-state index contributed by atoms with van der Waals surface area (Å²) in [4.78, 5) is 19.2. The van der Waals surface area contributed by atoms with Gasteiger partial charge in [0.1, 0.15) is 0 Å². The third-order valence-electron chi connectivity index (χ3n) is 1.94. The first-order chi connectivity index (χ1) is 6.20. The predicted octanol–water partition coefficient (Wildman–Crippen LogP) is 1.65. The van der Waals surface area contributed by atoms with E-state index in [9.17, 15) is 4.79 Å². The van der Waals surface area contributed by atoms with E-state index in [1.807, 2.05) is 0 Å². The number of rotatable bonds is 0. The highest BCUT2D eigenvalue weighted by Gasteiger charge is 2.12. The van der Waals surface area contributed by atoms with Gasteiger partial charge in [-0.15, -0.1) is 0 Å². The first-order valence-corrected chi connectivity index (χ1v) is 3.78. The van der Waals surface area contributed by atoms with Crippen LogP contribution in [0.15, 0.2) is 16.9 Å². The quantitative estimate of drug-likeness (QED) is 0.597. The maximum atomic E-state index is 10.9. The smallest absolute Gasteiger partial charge is 0.306 e. The molecule has 1 heterocycles. The van der Waals surface area contributed by atoms with Crippen molar-refractivity contribution in [2.45, 2.75) is 6.92 Å². The predicted molar refractivity (Wildman–Crippen MR) is 48.4 cm³/mol. The number of fused-ring (bicyclic) bond motifs is 1. The number of nitrogens with one attached hydrogen (secondary N) is 2. The average Bonchev–Trinajstić information content (AvgIpc) is 2.42. The lowest BCUT2D eigenvalue weighted by atomic mass is 10.2. The van der Waals surface area contributed by atoms with Crippen LogP contribution in [-0.4, -0.2) is 9.97 Å². The van der Waals surface area contributed by atoms with Crippen LogP contribution in [0.4, 0.5) is 5.69 Å². The minimum absolute atomic E-state index is 0.260. The zero-order chi connectivity index (χ0) is 9.42. The Morgan fingerprint density at radius 1 is 1.31 bits per heavy atom. The molecule has 5 nitrogen and oxygen atoms in total. The lowest BCUT2D eigenvalue weighted by Crippen LogP contribution is -1.99. The Morgan fingerprint density at radius 2 is 1.92 bits per heavy atom. The third kappa shape index (κ3) is 1.08. The van der Waals surface area contributed by atoms with E-state index in [0.29, 0.717) is 11.2 Å². The fourth-order valence-electron chi connectivity index (χ4n) is 1.29. The standard InChI is InChI=1S/C8H6N4O/c1-4-2-6-7(3-5(4)12-9)11-8(13)10-6/h2-3,9H,1H3/p+1. The lowest BCUT2D eigenvalue weighted by molar-refractivity contribution is 1.21. The molecular formula is C8H7N4O+. The van der Waals surface area contributed by atoms with Crippen molar-refractivity contribution in [1.29, 1.82) is 5.39 Å². The summed E-state index contributed by atoms with van der Waals surface area (Å²) in [5.41, 5.74) is 2.37. The van der Waals surface area contributed by atoms with Gasteiger partial charge in [-0.3, -0.25) is 0 Å². The molecule has 0 amide bonds. The van der Waals surface area contributed by atoms with E-state index in [0.717, 1.165) is 11.1 Å². The summed E-state index contributed by atoms with van der Waals surface area (Å²) in [6.45, 7) is 1.81. The fraction of sp³-hybridized carbons (Fsp3) is 0.125. The summed E-state index contributed by atoms with van der Waals surface area (Å²) < 4.78 is 0. The second kappa shape index (κ2) is 2.45. The first kappa shape index (κ1) is 7.55. The molecule has 5 heteroatoms. The van der Waals surface area contributed by atoms with Gasteiger partial charge in [0, 0.05) is 5.56 Å². The van der Waals surface area contributed by atoms with E-state index in [2.05, 4.69) is 14.9 Å². The van der Waals surface area contributed by atoms with Crippen LogP contribution in [0, 0.1) is 12.3 Å². The Kier molecular flexibility index (Phi) is 1.43. The number of imidazole rings is 1. The molecule has 0 fully saturated rings. The second-order valence-electron chi connectivity index (χ2n) is 2.86. The van der Waals surface area contributed by atoms with Gasteiger partial charge in [0.2, 0.25) is 5.39 Å². The van der Waals surface area contributed by atoms with Crippen molar-refractivity contribution >= 4 is 16.7 Å². The molecule has 0 saturated carbocycles. The molecule has 1 aromatic carbocycles. The molecule has 2 aromatic rings. The van der Waals surface area contributed by atoms with Gasteiger partial charge in [0.05, 0.1) is 17.1 Å². The highest BCUT2D eigenvalue weighted by molar-refractivity contribution is 5.80. The van der Waals surface area contributed by atoms with Crippen LogP contribution in [0.1, 0.15) is 5.56 Å². The molecule has 0 aliphatic rings. The Labute approximate surface area is 73.0 Å². The summed E-state index contributed by atoms with van der Waals surface area (Å²) in [5, 5.41) is 8.61. The van der Waals surface area contributed by atoms with Crippen LogP contribution >= 0.6 is 0 Å². The molecule has 2 rings (SSSR count). The summed E-state index contributed by atoms with van der Waals surface area (Å²) in [7, 11) is 0. The molecule has 0 atom stereocenters. The van der Waals surface area contributed by atoms with Crippen LogP contribution < -0.4 is 5.69 Å². The van der Waals surface area contributed by atoms with Crippen molar-refractivity contribution < 1.29 is 0 Å². The summed E-state index contributed by atoms with van der Waals surface area (Å²) in [6.07, 6.45) is 0. The topological polar surface area (TPSA) is 76.8 Å². The molecule has 0 radical (unpaired) electrons. The number of hydrogen-bond donors (Lipinski definition) is 2. The fourth-order valence-corrected chi connectivity index (χ4v) is 1.29. The molecule has 0 aliphatic heterocycles. The van der Waals surface area contributed by atoms with E-state index >= 15 is 0 Å². The van der Waals surface area contributed by atoms with Crippen molar-refractivity contribution in [3.8, 4) is 0 Å². The molecule has 2 N–H and O–H groups in total. The van der Waals surface area contributed by atoms with Crippen LogP contribution in [0.2, 0.25) is 0 Å². The van der Waals surface area contributed by atoms with Crippen LogP contribution in [0.3, 0.4) is 0 Å². The van der Waals surface area contributed by atoms with Gasteiger partial charge in [-0.25, -0.2) is 4.79 Å². The number of hydrogen-bond acceptors (Lipinski definition) is 2. The monoisotopic (exact) mass is 175 g/mol. The number of H-pyrrole nitrogens is 2. The zero-order valence-corrected chi connectivity index (χ0v) is 6.96. The largest absolute Gasteiger partial charge is 0.390 e. The highest BCUT2D eigenvalue weighted by atomic mass is 16.1. The van der Waals surface area contributed by atoms with Gasteiger partial charge in [0.15, 0.2) is 4.98 Å². The van der Waals surface area contributed by atoms with Gasteiger partial charge in [-0.1, -0.05) is 0 Å². The lowest BCUT2D eigenvalue weighted by Gasteiger charge is -1.87. The summed E-state index contributed by atoms with van der Waals surface area (Å²) in [5.74, 6) is 0. The Balaban J connectivity index is 2.90. The molecule has 13 heavy (non-hydrogen) atoms. The molecule has 0 unspecified atom stereocenters. The molecule has 0 bridgehead atoms. The Morgan fingerprint density at radius 3 is 2.54 bits per heavy atom. The molecule has 0 spiro atoms. The SMILES string of the molecule is Cc1cc2[nH]c(=O)[nH]c2cc1[N+]#N. The van der Waals surface area contributed by atoms with E-state index in [1.54, 1.807) is 19.1 Å². The van der Waals surface area contributed by atoms with E-state index < -0.39 is 0 Å². The zero-order valence-electron chi connectivity index (χ0n) is 6.96. The molecule has 0 saturated heterocycles. The average molecular weight is 175 g/mol. The minimum Gasteiger partial charge on any atom is -0.306 e. The number of diazo groups is 1. The second-order valence-corrected chi connectivity index (χ2v) is 2.86. The van der Waals surface area contributed by atoms with Gasteiger partial charge in [0.25, 0.3) is 0 Å². The van der Waals surface area contributed by atoms with Crippen LogP contribution in [0.25, 0.3) is 16.0 Å². The van der Waals surface area contributed by atoms with E-state index in [-0.39, 0.29) is 5.69 Å².